The Labute approximate surface area is 126 Å². The molecule has 13 heteroatoms. The Bertz CT molecular complexity index is 569. The Balaban J connectivity index is 5.54. The molecule has 0 fully saturated rings. The highest BCUT2D eigenvalue weighted by atomic mass is 32.2. The average Bonchev–Trinajstić information content (AvgIpc) is 2.38. The molecule has 0 aromatic heterocycles. The minimum Gasteiger partial charge on any atom is -0.447 e. The molecule has 0 saturated heterocycles. The van der Waals surface area contributed by atoms with Crippen LogP contribution in [0.2, 0.25) is 0 Å². The molecule has 0 rings (SSSR count). The molecular weight excluding hydrogens is 359 g/mol. The number of hydrogen-bond acceptors (Lipinski definition) is 6. The van der Waals surface area contributed by atoms with Crippen LogP contribution in [0.25, 0.3) is 0 Å². The van der Waals surface area contributed by atoms with Gasteiger partial charge in [-0.3, -0.25) is 4.55 Å². The van der Waals surface area contributed by atoms with Gasteiger partial charge < -0.3 is 9.47 Å². The van der Waals surface area contributed by atoms with Crippen molar-refractivity contribution in [3.63, 3.8) is 0 Å². The highest BCUT2D eigenvalue weighted by Gasteiger charge is 2.66. The van der Waals surface area contributed by atoms with Gasteiger partial charge in [-0.1, -0.05) is 13.5 Å². The van der Waals surface area contributed by atoms with Gasteiger partial charge in [0.15, 0.2) is 6.10 Å². The lowest BCUT2D eigenvalue weighted by molar-refractivity contribution is -0.262. The Morgan fingerprint density at radius 3 is 2.00 bits per heavy atom. The Kier molecular flexibility index (Phi) is 6.66. The standard InChI is InChI=1S/C10H11F5O7S/c1-3-5(21-6(16)4-2)7(17)22-8(9(11,12)13)10(14,15)23(18,19)20/h4-5,8H,2-3H2,1H3,(H,18,19,20). The Morgan fingerprint density at radius 2 is 1.70 bits per heavy atom. The lowest BCUT2D eigenvalue weighted by Gasteiger charge is -2.27. The lowest BCUT2D eigenvalue weighted by Crippen LogP contribution is -2.53. The summed E-state index contributed by atoms with van der Waals surface area (Å²) >= 11 is 0. The van der Waals surface area contributed by atoms with Crippen molar-refractivity contribution in [3.05, 3.63) is 12.7 Å². The first-order chi connectivity index (χ1) is 10.2. The smallest absolute Gasteiger partial charge is 0.432 e. The molecule has 0 spiro atoms. The second-order valence-electron chi connectivity index (χ2n) is 3.93. The maximum Gasteiger partial charge on any atom is 0.432 e. The number of alkyl halides is 5. The first kappa shape index (κ1) is 21.2. The highest BCUT2D eigenvalue weighted by molar-refractivity contribution is 7.86. The predicted molar refractivity (Wildman–Crippen MR) is 62.8 cm³/mol. The van der Waals surface area contributed by atoms with E-state index in [0.29, 0.717) is 6.08 Å². The van der Waals surface area contributed by atoms with E-state index in [1.54, 1.807) is 0 Å². The van der Waals surface area contributed by atoms with E-state index in [0.717, 1.165) is 6.92 Å². The Hall–Kier alpha value is -1.76. The van der Waals surface area contributed by atoms with E-state index >= 15 is 0 Å². The topological polar surface area (TPSA) is 107 Å². The summed E-state index contributed by atoms with van der Waals surface area (Å²) in [5.41, 5.74) is 0. The Morgan fingerprint density at radius 1 is 1.22 bits per heavy atom. The molecule has 0 aliphatic rings. The number of halogens is 5. The average molecular weight is 370 g/mol. The zero-order valence-corrected chi connectivity index (χ0v) is 12.2. The van der Waals surface area contributed by atoms with Crippen LogP contribution >= 0.6 is 0 Å². The van der Waals surface area contributed by atoms with Crippen molar-refractivity contribution < 1.29 is 54.0 Å². The minimum atomic E-state index is -6.54. The fourth-order valence-electron chi connectivity index (χ4n) is 1.14. The first-order valence-electron chi connectivity index (χ1n) is 5.63. The third kappa shape index (κ3) is 5.42. The molecular formula is C10H11F5O7S. The number of rotatable bonds is 7. The normalized spacial score (nSPS) is 15.4. The molecule has 0 aromatic rings. The van der Waals surface area contributed by atoms with Crippen LogP contribution in [0.3, 0.4) is 0 Å². The molecule has 0 aliphatic heterocycles. The molecule has 0 amide bonds. The first-order valence-corrected chi connectivity index (χ1v) is 7.07. The molecule has 23 heavy (non-hydrogen) atoms. The van der Waals surface area contributed by atoms with Gasteiger partial charge in [0.25, 0.3) is 6.10 Å². The van der Waals surface area contributed by atoms with Gasteiger partial charge in [-0.15, -0.1) is 0 Å². The van der Waals surface area contributed by atoms with Crippen molar-refractivity contribution in [2.24, 2.45) is 0 Å². The molecule has 0 radical (unpaired) electrons. The zero-order chi connectivity index (χ0) is 18.6. The SMILES string of the molecule is C=CC(=O)OC(CC)C(=O)OC(C(F)(F)F)C(F)(F)S(=O)(=O)O. The number of esters is 2. The van der Waals surface area contributed by atoms with E-state index in [-0.39, 0.29) is 0 Å². The fraction of sp³-hybridized carbons (Fsp3) is 0.600. The fourth-order valence-corrected chi connectivity index (χ4v) is 1.59. The van der Waals surface area contributed by atoms with Crippen molar-refractivity contribution in [2.75, 3.05) is 0 Å². The lowest BCUT2D eigenvalue weighted by atomic mass is 10.2. The molecule has 2 atom stereocenters. The molecule has 0 bridgehead atoms. The summed E-state index contributed by atoms with van der Waals surface area (Å²) in [5.74, 6) is -3.33. The molecule has 0 aromatic carbocycles. The van der Waals surface area contributed by atoms with Gasteiger partial charge in [-0.05, 0) is 6.42 Å². The summed E-state index contributed by atoms with van der Waals surface area (Å²) in [4.78, 5) is 22.3. The third-order valence-electron chi connectivity index (χ3n) is 2.24. The van der Waals surface area contributed by atoms with Gasteiger partial charge in [0.1, 0.15) is 0 Å². The number of ether oxygens (including phenoxy) is 2. The molecule has 1 N–H and O–H groups in total. The predicted octanol–water partition coefficient (Wildman–Crippen LogP) is 1.45. The van der Waals surface area contributed by atoms with Crippen LogP contribution in [0.15, 0.2) is 12.7 Å². The van der Waals surface area contributed by atoms with E-state index in [2.05, 4.69) is 16.1 Å². The third-order valence-corrected chi connectivity index (χ3v) is 3.14. The van der Waals surface area contributed by atoms with E-state index in [1.807, 2.05) is 0 Å². The van der Waals surface area contributed by atoms with Crippen LogP contribution < -0.4 is 0 Å². The van der Waals surface area contributed by atoms with Crippen LogP contribution in [0.4, 0.5) is 22.0 Å². The number of hydrogen-bond donors (Lipinski definition) is 1. The van der Waals surface area contributed by atoms with Crippen LogP contribution in [0.1, 0.15) is 13.3 Å². The van der Waals surface area contributed by atoms with E-state index in [4.69, 9.17) is 4.55 Å². The van der Waals surface area contributed by atoms with Gasteiger partial charge >= 0.3 is 33.5 Å². The van der Waals surface area contributed by atoms with Crippen molar-refractivity contribution >= 4 is 22.1 Å². The quantitative estimate of drug-likeness (QED) is 0.313. The van der Waals surface area contributed by atoms with Gasteiger partial charge in [0.05, 0.1) is 0 Å². The molecule has 134 valence electrons. The molecule has 7 nitrogen and oxygen atoms in total. The monoisotopic (exact) mass is 370 g/mol. The molecule has 0 heterocycles. The summed E-state index contributed by atoms with van der Waals surface area (Å²) in [6.07, 6.45) is -12.4. The van der Waals surface area contributed by atoms with Crippen LogP contribution in [-0.4, -0.2) is 48.5 Å². The largest absolute Gasteiger partial charge is 0.447 e. The highest BCUT2D eigenvalue weighted by Crippen LogP contribution is 2.38. The maximum atomic E-state index is 13.2. The zero-order valence-electron chi connectivity index (χ0n) is 11.3. The van der Waals surface area contributed by atoms with Crippen LogP contribution in [0.5, 0.6) is 0 Å². The van der Waals surface area contributed by atoms with Gasteiger partial charge in [0, 0.05) is 6.08 Å². The van der Waals surface area contributed by atoms with Crippen molar-refractivity contribution in [1.82, 2.24) is 0 Å². The van der Waals surface area contributed by atoms with Crippen LogP contribution in [-0.2, 0) is 29.2 Å². The van der Waals surface area contributed by atoms with E-state index < -0.39 is 52.1 Å². The minimum absolute atomic E-state index is 0.458. The van der Waals surface area contributed by atoms with Crippen molar-refractivity contribution in [2.45, 2.75) is 37.0 Å². The molecule has 0 saturated carbocycles. The van der Waals surface area contributed by atoms with Crippen molar-refractivity contribution in [3.8, 4) is 0 Å². The van der Waals surface area contributed by atoms with Gasteiger partial charge in [0.2, 0.25) is 0 Å². The van der Waals surface area contributed by atoms with E-state index in [1.165, 1.54) is 0 Å². The van der Waals surface area contributed by atoms with Crippen LogP contribution in [0, 0.1) is 0 Å². The number of carbonyl (C=O) groups excluding carboxylic acids is 2. The molecule has 2 unspecified atom stereocenters. The maximum absolute atomic E-state index is 13.2. The summed E-state index contributed by atoms with van der Waals surface area (Å²) in [6.45, 7) is 4.08. The summed E-state index contributed by atoms with van der Waals surface area (Å²) in [6, 6.07) is 0. The van der Waals surface area contributed by atoms with Crippen molar-refractivity contribution in [1.29, 1.82) is 0 Å². The summed E-state index contributed by atoms with van der Waals surface area (Å²) in [7, 11) is -6.54. The van der Waals surface area contributed by atoms with Gasteiger partial charge in [-0.25, -0.2) is 9.59 Å². The van der Waals surface area contributed by atoms with E-state index in [9.17, 15) is 40.0 Å². The summed E-state index contributed by atoms with van der Waals surface area (Å²) in [5, 5.41) is -5.86. The second-order valence-corrected chi connectivity index (χ2v) is 5.43. The second kappa shape index (κ2) is 7.21. The summed E-state index contributed by atoms with van der Waals surface area (Å²) < 4.78 is 101. The molecule has 0 aliphatic carbocycles. The number of carbonyl (C=O) groups is 2. The van der Waals surface area contributed by atoms with Gasteiger partial charge in [-0.2, -0.15) is 30.4 Å².